The molecule has 0 aromatic heterocycles. The molecule has 1 amide bonds. The van der Waals surface area contributed by atoms with Crippen LogP contribution in [0.5, 0.6) is 0 Å². The second kappa shape index (κ2) is 5.57. The first kappa shape index (κ1) is 10.9. The van der Waals surface area contributed by atoms with Crippen molar-refractivity contribution in [2.75, 3.05) is 6.54 Å². The summed E-state index contributed by atoms with van der Waals surface area (Å²) in [6.45, 7) is 4.86. The van der Waals surface area contributed by atoms with Gasteiger partial charge < -0.3 is 11.1 Å². The summed E-state index contributed by atoms with van der Waals surface area (Å²) in [5.41, 5.74) is 5.05. The van der Waals surface area contributed by atoms with E-state index in [1.54, 1.807) is 0 Å². The molecule has 0 unspecified atom stereocenters. The Morgan fingerprint density at radius 3 is 2.58 bits per heavy atom. The molecule has 0 saturated heterocycles. The summed E-state index contributed by atoms with van der Waals surface area (Å²) in [5.74, 6) is 0.336. The zero-order chi connectivity index (χ0) is 9.56. The maximum atomic E-state index is 10.9. The highest BCUT2D eigenvalue weighted by atomic mass is 16.1. The highest BCUT2D eigenvalue weighted by Gasteiger charge is 2.02. The molecule has 0 heterocycles. The van der Waals surface area contributed by atoms with Crippen LogP contribution in [0.4, 0.5) is 0 Å². The number of hydrogen-bond acceptors (Lipinski definition) is 2. The van der Waals surface area contributed by atoms with Gasteiger partial charge >= 0.3 is 0 Å². The molecule has 0 atom stereocenters. The number of hydrogen-bond donors (Lipinski definition) is 3. The predicted octanol–water partition coefficient (Wildman–Crippen LogP) is 0.475. The molecule has 4 heteroatoms. The van der Waals surface area contributed by atoms with Gasteiger partial charge in [-0.25, -0.2) is 0 Å². The number of carbonyl (C=O) groups is 1. The Labute approximate surface area is 73.0 Å². The van der Waals surface area contributed by atoms with Crippen LogP contribution in [0.1, 0.15) is 26.7 Å². The van der Waals surface area contributed by atoms with Gasteiger partial charge in [-0.3, -0.25) is 10.2 Å². The topological polar surface area (TPSA) is 79.0 Å². The van der Waals surface area contributed by atoms with Gasteiger partial charge in [-0.05, 0) is 12.3 Å². The normalized spacial score (nSPS) is 9.92. The van der Waals surface area contributed by atoms with Crippen molar-refractivity contribution >= 4 is 11.7 Å². The molecule has 4 N–H and O–H groups in total. The Morgan fingerprint density at radius 2 is 2.17 bits per heavy atom. The Balaban J connectivity index is 3.38. The number of nitrogens with two attached hydrogens (primary N) is 1. The molecule has 0 spiro atoms. The van der Waals surface area contributed by atoms with Crippen LogP contribution in [-0.4, -0.2) is 18.3 Å². The van der Waals surface area contributed by atoms with Crippen molar-refractivity contribution in [2.24, 2.45) is 11.7 Å². The van der Waals surface area contributed by atoms with E-state index in [0.717, 1.165) is 6.42 Å². The van der Waals surface area contributed by atoms with E-state index < -0.39 is 0 Å². The molecule has 0 aliphatic carbocycles. The van der Waals surface area contributed by atoms with Crippen LogP contribution in [0.15, 0.2) is 0 Å². The predicted molar refractivity (Wildman–Crippen MR) is 49.0 cm³/mol. The van der Waals surface area contributed by atoms with Crippen LogP contribution in [0, 0.1) is 11.3 Å². The Hall–Kier alpha value is -1.06. The molecule has 0 bridgehead atoms. The number of nitrogens with one attached hydrogen (secondary N) is 2. The average molecular weight is 171 g/mol. The lowest BCUT2D eigenvalue weighted by molar-refractivity contribution is -0.119. The fraction of sp³-hybridized carbons (Fsp3) is 0.750. The summed E-state index contributed by atoms with van der Waals surface area (Å²) in [6.07, 6.45) is 0.974. The van der Waals surface area contributed by atoms with Gasteiger partial charge in [0.05, 0.1) is 12.3 Å². The smallest absolute Gasteiger partial charge is 0.227 e. The third-order valence-electron chi connectivity index (χ3n) is 1.39. The number of rotatable bonds is 5. The summed E-state index contributed by atoms with van der Waals surface area (Å²) in [4.78, 5) is 10.9. The largest absolute Gasteiger partial charge is 0.387 e. The molecule has 0 fully saturated rings. The van der Waals surface area contributed by atoms with E-state index in [0.29, 0.717) is 12.5 Å². The number of carbonyl (C=O) groups excluding carboxylic acids is 1. The molecule has 70 valence electrons. The standard InChI is InChI=1S/C8H17N3O/c1-6(2)3-4-11-8(12)5-7(9)10/h6H,3-5H2,1-2H3,(H3,9,10)(H,11,12). The molecular weight excluding hydrogens is 154 g/mol. The minimum Gasteiger partial charge on any atom is -0.387 e. The van der Waals surface area contributed by atoms with Crippen LogP contribution in [0.3, 0.4) is 0 Å². The lowest BCUT2D eigenvalue weighted by Crippen LogP contribution is -2.29. The monoisotopic (exact) mass is 171 g/mol. The molecule has 0 rings (SSSR count). The maximum absolute atomic E-state index is 10.9. The van der Waals surface area contributed by atoms with E-state index in [9.17, 15) is 4.79 Å². The van der Waals surface area contributed by atoms with E-state index in [1.807, 2.05) is 0 Å². The quantitative estimate of drug-likeness (QED) is 0.415. The highest BCUT2D eigenvalue weighted by Crippen LogP contribution is 1.96. The summed E-state index contributed by atoms with van der Waals surface area (Å²) < 4.78 is 0. The van der Waals surface area contributed by atoms with E-state index in [1.165, 1.54) is 0 Å². The first-order chi connectivity index (χ1) is 5.52. The Bertz CT molecular complexity index is 166. The molecule has 0 aliphatic heterocycles. The van der Waals surface area contributed by atoms with Crippen LogP contribution >= 0.6 is 0 Å². The van der Waals surface area contributed by atoms with E-state index in [-0.39, 0.29) is 18.2 Å². The first-order valence-electron chi connectivity index (χ1n) is 4.12. The zero-order valence-electron chi connectivity index (χ0n) is 7.68. The summed E-state index contributed by atoms with van der Waals surface area (Å²) in [7, 11) is 0. The van der Waals surface area contributed by atoms with E-state index in [4.69, 9.17) is 11.1 Å². The van der Waals surface area contributed by atoms with Crippen molar-refractivity contribution in [3.8, 4) is 0 Å². The second-order valence-electron chi connectivity index (χ2n) is 3.23. The Kier molecular flexibility index (Phi) is 5.08. The van der Waals surface area contributed by atoms with Crippen molar-refractivity contribution in [3.05, 3.63) is 0 Å². The molecule has 0 saturated carbocycles. The van der Waals surface area contributed by atoms with Crippen LogP contribution in [0.25, 0.3) is 0 Å². The lowest BCUT2D eigenvalue weighted by Gasteiger charge is -2.05. The van der Waals surface area contributed by atoms with Gasteiger partial charge in [0.2, 0.25) is 5.91 Å². The second-order valence-corrected chi connectivity index (χ2v) is 3.23. The van der Waals surface area contributed by atoms with Gasteiger partial charge in [-0.2, -0.15) is 0 Å². The number of amides is 1. The summed E-state index contributed by atoms with van der Waals surface area (Å²) in [5, 5.41) is 9.55. The van der Waals surface area contributed by atoms with Crippen molar-refractivity contribution in [1.82, 2.24) is 5.32 Å². The van der Waals surface area contributed by atoms with E-state index >= 15 is 0 Å². The van der Waals surface area contributed by atoms with E-state index in [2.05, 4.69) is 19.2 Å². The molecule has 0 radical (unpaired) electrons. The van der Waals surface area contributed by atoms with Crippen molar-refractivity contribution in [2.45, 2.75) is 26.7 Å². The maximum Gasteiger partial charge on any atom is 0.227 e. The molecule has 0 aliphatic rings. The third kappa shape index (κ3) is 7.05. The van der Waals surface area contributed by atoms with Gasteiger partial charge in [-0.15, -0.1) is 0 Å². The van der Waals surface area contributed by atoms with Gasteiger partial charge in [0.25, 0.3) is 0 Å². The zero-order valence-corrected chi connectivity index (χ0v) is 7.68. The van der Waals surface area contributed by atoms with Gasteiger partial charge in [-0.1, -0.05) is 13.8 Å². The van der Waals surface area contributed by atoms with Gasteiger partial charge in [0, 0.05) is 6.54 Å². The molecule has 4 nitrogen and oxygen atoms in total. The van der Waals surface area contributed by atoms with Gasteiger partial charge in [0.15, 0.2) is 0 Å². The van der Waals surface area contributed by atoms with Gasteiger partial charge in [0.1, 0.15) is 0 Å². The number of amidine groups is 1. The highest BCUT2D eigenvalue weighted by molar-refractivity contribution is 5.97. The molecule has 12 heavy (non-hydrogen) atoms. The summed E-state index contributed by atoms with van der Waals surface area (Å²) in [6, 6.07) is 0. The third-order valence-corrected chi connectivity index (χ3v) is 1.39. The lowest BCUT2D eigenvalue weighted by atomic mass is 10.1. The van der Waals surface area contributed by atoms with Crippen LogP contribution in [0.2, 0.25) is 0 Å². The van der Waals surface area contributed by atoms with Crippen molar-refractivity contribution < 1.29 is 4.79 Å². The fourth-order valence-corrected chi connectivity index (χ4v) is 0.736. The minimum atomic E-state index is -0.164. The van der Waals surface area contributed by atoms with Crippen LogP contribution < -0.4 is 11.1 Å². The minimum absolute atomic E-state index is 0.0120. The molecule has 0 aromatic rings. The van der Waals surface area contributed by atoms with Crippen molar-refractivity contribution in [1.29, 1.82) is 5.41 Å². The first-order valence-corrected chi connectivity index (χ1v) is 4.12. The van der Waals surface area contributed by atoms with Crippen LogP contribution in [-0.2, 0) is 4.79 Å². The average Bonchev–Trinajstić information content (AvgIpc) is 1.84. The molecule has 0 aromatic carbocycles. The van der Waals surface area contributed by atoms with Crippen molar-refractivity contribution in [3.63, 3.8) is 0 Å². The SMILES string of the molecule is CC(C)CCNC(=O)CC(=N)N. The molecular formula is C8H17N3O. The fourth-order valence-electron chi connectivity index (χ4n) is 0.736. The Morgan fingerprint density at radius 1 is 1.58 bits per heavy atom. The summed E-state index contributed by atoms with van der Waals surface area (Å²) >= 11 is 0.